The van der Waals surface area contributed by atoms with Gasteiger partial charge in [-0.2, -0.15) is 0 Å². The first-order valence-corrected chi connectivity index (χ1v) is 8.02. The largest absolute Gasteiger partial charge is 0.503 e. The Labute approximate surface area is 145 Å². The second kappa shape index (κ2) is 6.93. The van der Waals surface area contributed by atoms with E-state index in [4.69, 9.17) is 4.74 Å². The zero-order chi connectivity index (χ0) is 18.0. The fraction of sp³-hybridized carbons (Fsp3) is 0.263. The van der Waals surface area contributed by atoms with E-state index in [1.54, 1.807) is 35.4 Å². The lowest BCUT2D eigenvalue weighted by atomic mass is 10.1. The number of amides is 1. The monoisotopic (exact) mass is 342 g/mol. The Kier molecular flexibility index (Phi) is 4.70. The minimum absolute atomic E-state index is 0.00506. The summed E-state index contributed by atoms with van der Waals surface area (Å²) < 4.78 is 18.5. The van der Waals surface area contributed by atoms with E-state index in [1.807, 2.05) is 13.8 Å². The predicted molar refractivity (Wildman–Crippen MR) is 91.4 cm³/mol. The van der Waals surface area contributed by atoms with E-state index in [0.717, 1.165) is 5.56 Å². The Hall–Kier alpha value is -2.89. The number of nitrogens with zero attached hydrogens (tertiary/aromatic N) is 2. The summed E-state index contributed by atoms with van der Waals surface area (Å²) in [5, 5.41) is 10.1. The third-order valence-corrected chi connectivity index (χ3v) is 4.07. The molecule has 0 unspecified atom stereocenters. The van der Waals surface area contributed by atoms with Crippen LogP contribution in [0.15, 0.2) is 48.4 Å². The second-order valence-electron chi connectivity index (χ2n) is 6.15. The van der Waals surface area contributed by atoms with Crippen molar-refractivity contribution in [2.24, 2.45) is 0 Å². The van der Waals surface area contributed by atoms with Crippen LogP contribution in [0, 0.1) is 5.82 Å². The first kappa shape index (κ1) is 17.0. The molecule has 3 rings (SSSR count). The molecule has 0 aliphatic carbocycles. The summed E-state index contributed by atoms with van der Waals surface area (Å²) >= 11 is 0. The maximum Gasteiger partial charge on any atom is 0.289 e. The number of halogens is 1. The highest BCUT2D eigenvalue weighted by molar-refractivity contribution is 6.03. The lowest BCUT2D eigenvalue weighted by Crippen LogP contribution is -2.33. The van der Waals surface area contributed by atoms with Crippen molar-refractivity contribution in [1.82, 2.24) is 9.88 Å². The quantitative estimate of drug-likeness (QED) is 0.905. The fourth-order valence-electron chi connectivity index (χ4n) is 2.59. The van der Waals surface area contributed by atoms with Gasteiger partial charge in [0.15, 0.2) is 5.76 Å². The van der Waals surface area contributed by atoms with E-state index in [-0.39, 0.29) is 23.5 Å². The van der Waals surface area contributed by atoms with Gasteiger partial charge in [-0.05, 0) is 43.7 Å². The summed E-state index contributed by atoms with van der Waals surface area (Å²) in [5.41, 5.74) is 1.91. The molecule has 1 aliphatic rings. The summed E-state index contributed by atoms with van der Waals surface area (Å²) in [5.74, 6) is -0.354. The molecule has 0 spiro atoms. The van der Waals surface area contributed by atoms with Crippen molar-refractivity contribution in [3.05, 3.63) is 65.4 Å². The van der Waals surface area contributed by atoms with E-state index in [1.165, 1.54) is 12.1 Å². The Morgan fingerprint density at radius 2 is 1.96 bits per heavy atom. The Bertz CT molecular complexity index is 798. The van der Waals surface area contributed by atoms with Gasteiger partial charge in [-0.15, -0.1) is 0 Å². The number of hydrogen-bond acceptors (Lipinski definition) is 4. The first-order chi connectivity index (χ1) is 12.0. The van der Waals surface area contributed by atoms with Gasteiger partial charge in [0, 0.05) is 11.6 Å². The SMILES string of the molecule is CC(C)N1CC(c2ccc(OCc3ccc(F)cc3)cn2)=C(O)C1=O. The molecule has 0 fully saturated rings. The fourth-order valence-corrected chi connectivity index (χ4v) is 2.59. The minimum atomic E-state index is -0.372. The maximum absolute atomic E-state index is 12.9. The van der Waals surface area contributed by atoms with E-state index in [9.17, 15) is 14.3 Å². The number of hydrogen-bond donors (Lipinski definition) is 1. The van der Waals surface area contributed by atoms with Crippen LogP contribution in [0.2, 0.25) is 0 Å². The van der Waals surface area contributed by atoms with E-state index >= 15 is 0 Å². The molecule has 0 saturated heterocycles. The van der Waals surface area contributed by atoms with Crippen molar-refractivity contribution in [1.29, 1.82) is 0 Å². The molecule has 0 bridgehead atoms. The van der Waals surface area contributed by atoms with Gasteiger partial charge in [0.25, 0.3) is 5.91 Å². The van der Waals surface area contributed by atoms with Gasteiger partial charge < -0.3 is 14.7 Å². The molecule has 1 N–H and O–H groups in total. The zero-order valence-electron chi connectivity index (χ0n) is 14.1. The Morgan fingerprint density at radius 1 is 1.24 bits per heavy atom. The number of benzene rings is 1. The van der Waals surface area contributed by atoms with Crippen molar-refractivity contribution in [2.45, 2.75) is 26.5 Å². The Morgan fingerprint density at radius 3 is 2.52 bits per heavy atom. The molecular formula is C19H19FN2O3. The molecule has 130 valence electrons. The van der Waals surface area contributed by atoms with Crippen LogP contribution in [0.25, 0.3) is 5.57 Å². The number of pyridine rings is 1. The van der Waals surface area contributed by atoms with Gasteiger partial charge in [0.1, 0.15) is 18.2 Å². The van der Waals surface area contributed by atoms with Crippen LogP contribution in [-0.2, 0) is 11.4 Å². The van der Waals surface area contributed by atoms with Gasteiger partial charge in [-0.1, -0.05) is 12.1 Å². The standard InChI is InChI=1S/C19H19FN2O3/c1-12(2)22-10-16(18(23)19(22)24)17-8-7-15(9-21-17)25-11-13-3-5-14(20)6-4-13/h3-9,12,23H,10-11H2,1-2H3. The van der Waals surface area contributed by atoms with Crippen LogP contribution >= 0.6 is 0 Å². The smallest absolute Gasteiger partial charge is 0.289 e. The highest BCUT2D eigenvalue weighted by Gasteiger charge is 2.32. The number of aromatic nitrogens is 1. The van der Waals surface area contributed by atoms with Crippen molar-refractivity contribution in [2.75, 3.05) is 6.54 Å². The van der Waals surface area contributed by atoms with Crippen molar-refractivity contribution < 1.29 is 19.0 Å². The van der Waals surface area contributed by atoms with Gasteiger partial charge in [0.2, 0.25) is 0 Å². The van der Waals surface area contributed by atoms with Crippen LogP contribution in [0.3, 0.4) is 0 Å². The summed E-state index contributed by atoms with van der Waals surface area (Å²) in [7, 11) is 0. The maximum atomic E-state index is 12.9. The third-order valence-electron chi connectivity index (χ3n) is 4.07. The average molecular weight is 342 g/mol. The van der Waals surface area contributed by atoms with Crippen LogP contribution in [0.5, 0.6) is 5.75 Å². The lowest BCUT2D eigenvalue weighted by molar-refractivity contribution is -0.129. The topological polar surface area (TPSA) is 62.7 Å². The van der Waals surface area contributed by atoms with Crippen molar-refractivity contribution in [3.8, 4) is 5.75 Å². The molecule has 1 aromatic carbocycles. The number of aliphatic hydroxyl groups is 1. The molecule has 25 heavy (non-hydrogen) atoms. The van der Waals surface area contributed by atoms with Crippen LogP contribution in [0.4, 0.5) is 4.39 Å². The predicted octanol–water partition coefficient (Wildman–Crippen LogP) is 3.32. The number of ether oxygens (including phenoxy) is 1. The lowest BCUT2D eigenvalue weighted by Gasteiger charge is -2.20. The molecule has 1 aromatic heterocycles. The van der Waals surface area contributed by atoms with E-state index in [0.29, 0.717) is 30.2 Å². The third kappa shape index (κ3) is 3.63. The zero-order valence-corrected chi connectivity index (χ0v) is 14.1. The molecule has 2 aromatic rings. The van der Waals surface area contributed by atoms with Crippen LogP contribution in [0.1, 0.15) is 25.1 Å². The van der Waals surface area contributed by atoms with E-state index < -0.39 is 0 Å². The molecular weight excluding hydrogens is 323 g/mol. The number of rotatable bonds is 5. The van der Waals surface area contributed by atoms with Crippen LogP contribution in [-0.4, -0.2) is 33.5 Å². The van der Waals surface area contributed by atoms with Gasteiger partial charge >= 0.3 is 0 Å². The van der Waals surface area contributed by atoms with Crippen LogP contribution < -0.4 is 4.74 Å². The van der Waals surface area contributed by atoms with Gasteiger partial charge in [-0.25, -0.2) is 4.39 Å². The second-order valence-corrected chi connectivity index (χ2v) is 6.15. The summed E-state index contributed by atoms with van der Waals surface area (Å²) in [6.45, 7) is 4.43. The van der Waals surface area contributed by atoms with Gasteiger partial charge in [-0.3, -0.25) is 9.78 Å². The number of aliphatic hydroxyl groups excluding tert-OH is 1. The highest BCUT2D eigenvalue weighted by atomic mass is 19.1. The molecule has 6 heteroatoms. The van der Waals surface area contributed by atoms with E-state index in [2.05, 4.69) is 4.98 Å². The average Bonchev–Trinajstić information content (AvgIpc) is 2.91. The molecule has 5 nitrogen and oxygen atoms in total. The van der Waals surface area contributed by atoms with Gasteiger partial charge in [0.05, 0.1) is 18.4 Å². The molecule has 1 aliphatic heterocycles. The first-order valence-electron chi connectivity index (χ1n) is 8.02. The molecule has 1 amide bonds. The minimum Gasteiger partial charge on any atom is -0.503 e. The molecule has 0 radical (unpaired) electrons. The summed E-state index contributed by atoms with van der Waals surface area (Å²) in [6.07, 6.45) is 1.54. The molecule has 2 heterocycles. The highest BCUT2D eigenvalue weighted by Crippen LogP contribution is 2.27. The Balaban J connectivity index is 1.68. The summed E-state index contributed by atoms with van der Waals surface area (Å²) in [6, 6.07) is 9.53. The normalized spacial score (nSPS) is 14.6. The van der Waals surface area contributed by atoms with Crippen molar-refractivity contribution >= 4 is 11.5 Å². The molecule has 0 atom stereocenters. The number of carbonyl (C=O) groups is 1. The van der Waals surface area contributed by atoms with Crippen molar-refractivity contribution in [3.63, 3.8) is 0 Å². The summed E-state index contributed by atoms with van der Waals surface area (Å²) in [4.78, 5) is 17.9. The molecule has 0 saturated carbocycles. The number of carbonyl (C=O) groups excluding carboxylic acids is 1.